The molecule has 1 aliphatic heterocycles. The molecule has 1 aromatic heterocycles. The van der Waals surface area contributed by atoms with Crippen molar-refractivity contribution in [1.82, 2.24) is 14.6 Å². The van der Waals surface area contributed by atoms with Crippen molar-refractivity contribution in [3.8, 4) is 11.5 Å². The molecule has 2 aromatic rings. The molecule has 0 radical (unpaired) electrons. The highest BCUT2D eigenvalue weighted by atomic mass is 19.1. The third-order valence-corrected chi connectivity index (χ3v) is 5.55. The number of hydrogen-bond donors (Lipinski definition) is 7. The fraction of sp³-hybridized carbons (Fsp3) is 0.500. The molecule has 34 heavy (non-hydrogen) atoms. The molecule has 0 saturated carbocycles. The number of phenolic OH excluding ortho intramolecular Hbond substituents is 1. The molecular weight excluding hydrogens is 461 g/mol. The largest absolute Gasteiger partial charge is 0.504 e. The Morgan fingerprint density at radius 3 is 2.62 bits per heavy atom. The average molecular weight is 487 g/mol. The SMILES string of the molecule is COc1cc(CN(O)[C@@]2(O)[C@H](O)[C@@H](CO)O[C@@]2(O)n2cc(CC(C)F)c(=O)[nH]c2=O)ccc1O. The van der Waals surface area contributed by atoms with Gasteiger partial charge in [-0.3, -0.25) is 9.78 Å². The first-order valence-electron chi connectivity index (χ1n) is 10.1. The van der Waals surface area contributed by atoms with Gasteiger partial charge in [0.25, 0.3) is 5.56 Å². The number of hydrogen-bond acceptors (Lipinski definition) is 11. The number of nitrogens with zero attached hydrogens (tertiary/aromatic N) is 2. The van der Waals surface area contributed by atoms with Crippen LogP contribution < -0.4 is 16.0 Å². The van der Waals surface area contributed by atoms with Gasteiger partial charge in [0.05, 0.1) is 20.3 Å². The fourth-order valence-corrected chi connectivity index (χ4v) is 3.80. The van der Waals surface area contributed by atoms with Crippen LogP contribution in [0.15, 0.2) is 34.0 Å². The van der Waals surface area contributed by atoms with Crippen LogP contribution in [0.25, 0.3) is 0 Å². The third-order valence-electron chi connectivity index (χ3n) is 5.55. The lowest BCUT2D eigenvalue weighted by molar-refractivity contribution is -0.413. The summed E-state index contributed by atoms with van der Waals surface area (Å²) < 4.78 is 24.0. The van der Waals surface area contributed by atoms with Gasteiger partial charge in [-0.25, -0.2) is 13.8 Å². The Morgan fingerprint density at radius 2 is 2.03 bits per heavy atom. The maximum Gasteiger partial charge on any atom is 0.332 e. The van der Waals surface area contributed by atoms with Crippen molar-refractivity contribution in [2.45, 2.75) is 49.9 Å². The maximum absolute atomic E-state index is 13.5. The molecule has 0 aliphatic carbocycles. The first-order chi connectivity index (χ1) is 15.9. The second kappa shape index (κ2) is 9.42. The number of phenols is 1. The molecule has 14 heteroatoms. The number of halogens is 1. The molecular formula is C20H26FN3O10. The summed E-state index contributed by atoms with van der Waals surface area (Å²) in [5.41, 5.74) is -5.54. The van der Waals surface area contributed by atoms with Crippen LogP contribution >= 0.6 is 0 Å². The van der Waals surface area contributed by atoms with Crippen molar-refractivity contribution in [2.75, 3.05) is 13.7 Å². The molecule has 1 fully saturated rings. The van der Waals surface area contributed by atoms with Crippen molar-refractivity contribution in [3.05, 3.63) is 56.4 Å². The van der Waals surface area contributed by atoms with Gasteiger partial charge in [0.1, 0.15) is 18.4 Å². The van der Waals surface area contributed by atoms with Crippen LogP contribution in [-0.2, 0) is 23.6 Å². The van der Waals surface area contributed by atoms with Crippen LogP contribution in [0.5, 0.6) is 11.5 Å². The van der Waals surface area contributed by atoms with Gasteiger partial charge in [-0.05, 0) is 24.6 Å². The summed E-state index contributed by atoms with van der Waals surface area (Å²) in [6, 6.07) is 3.86. The quantitative estimate of drug-likeness (QED) is 0.162. The summed E-state index contributed by atoms with van der Waals surface area (Å²) in [7, 11) is 1.28. The van der Waals surface area contributed by atoms with Crippen LogP contribution in [0.2, 0.25) is 0 Å². The number of aromatic nitrogens is 2. The second-order valence-corrected chi connectivity index (χ2v) is 7.95. The molecule has 1 aromatic carbocycles. The Hall–Kier alpha value is -2.85. The van der Waals surface area contributed by atoms with E-state index in [-0.39, 0.29) is 32.3 Å². The summed E-state index contributed by atoms with van der Waals surface area (Å²) in [6.07, 6.45) is -5.13. The van der Waals surface area contributed by atoms with E-state index in [0.29, 0.717) is 0 Å². The fourth-order valence-electron chi connectivity index (χ4n) is 3.80. The molecule has 1 saturated heterocycles. The van der Waals surface area contributed by atoms with Crippen molar-refractivity contribution < 1.29 is 44.6 Å². The predicted octanol–water partition coefficient (Wildman–Crippen LogP) is -1.91. The lowest BCUT2D eigenvalue weighted by atomic mass is 10.00. The summed E-state index contributed by atoms with van der Waals surface area (Å²) >= 11 is 0. The van der Waals surface area contributed by atoms with Crippen molar-refractivity contribution in [3.63, 3.8) is 0 Å². The van der Waals surface area contributed by atoms with Gasteiger partial charge in [-0.15, -0.1) is 5.06 Å². The molecule has 0 amide bonds. The smallest absolute Gasteiger partial charge is 0.332 e. The van der Waals surface area contributed by atoms with E-state index < -0.39 is 60.8 Å². The van der Waals surface area contributed by atoms with Crippen molar-refractivity contribution in [2.24, 2.45) is 0 Å². The molecule has 5 atom stereocenters. The first kappa shape index (κ1) is 25.8. The Morgan fingerprint density at radius 1 is 1.35 bits per heavy atom. The third kappa shape index (κ3) is 4.20. The van der Waals surface area contributed by atoms with Crippen LogP contribution in [0.4, 0.5) is 4.39 Å². The number of hydroxylamine groups is 2. The van der Waals surface area contributed by atoms with Gasteiger partial charge in [0.15, 0.2) is 11.5 Å². The van der Waals surface area contributed by atoms with E-state index in [1.807, 2.05) is 4.98 Å². The van der Waals surface area contributed by atoms with E-state index >= 15 is 0 Å². The molecule has 7 N–H and O–H groups in total. The standard InChI is InChI=1S/C20H26FN3O10/c1-10(21)5-12-8-23(18(29)22-17(12)28)20(31)19(30,16(27)15(9-25)34-20)24(32)7-11-3-4-13(26)14(6-11)33-2/h3-4,6,8,10,15-16,25-27,30-32H,5,7,9H2,1-2H3,(H,22,28,29)/t10?,15-,16-,19-,20-/m1/s1. The maximum atomic E-state index is 13.5. The number of aliphatic hydroxyl groups is 4. The zero-order valence-corrected chi connectivity index (χ0v) is 18.3. The Bertz CT molecular complexity index is 1150. The number of aliphatic hydroxyl groups excluding tert-OH is 2. The second-order valence-electron chi connectivity index (χ2n) is 7.95. The van der Waals surface area contributed by atoms with Crippen molar-refractivity contribution in [1.29, 1.82) is 0 Å². The van der Waals surface area contributed by atoms with E-state index in [1.54, 1.807) is 0 Å². The van der Waals surface area contributed by atoms with E-state index in [9.17, 15) is 44.7 Å². The highest BCUT2D eigenvalue weighted by Crippen LogP contribution is 2.43. The number of methoxy groups -OCH3 is 1. The Kier molecular flexibility index (Phi) is 7.14. The minimum atomic E-state index is -3.26. The Labute approximate surface area is 191 Å². The van der Waals surface area contributed by atoms with Crippen molar-refractivity contribution >= 4 is 0 Å². The van der Waals surface area contributed by atoms with Gasteiger partial charge >= 0.3 is 11.6 Å². The molecule has 2 heterocycles. The zero-order valence-electron chi connectivity index (χ0n) is 18.3. The lowest BCUT2D eigenvalue weighted by Gasteiger charge is -2.42. The molecule has 0 bridgehead atoms. The van der Waals surface area contributed by atoms with Gasteiger partial charge in [0.2, 0.25) is 5.72 Å². The first-order valence-corrected chi connectivity index (χ1v) is 10.1. The summed E-state index contributed by atoms with van der Waals surface area (Å²) in [5.74, 6) is -3.46. The molecule has 3 rings (SSSR count). The topological polar surface area (TPSA) is 198 Å². The minimum Gasteiger partial charge on any atom is -0.504 e. The minimum absolute atomic E-state index is 0.0199. The van der Waals surface area contributed by atoms with Crippen LogP contribution in [0, 0.1) is 0 Å². The highest BCUT2D eigenvalue weighted by molar-refractivity contribution is 5.41. The number of benzene rings is 1. The number of aromatic hydroxyl groups is 1. The van der Waals surface area contributed by atoms with E-state index in [2.05, 4.69) is 0 Å². The zero-order chi connectivity index (χ0) is 25.4. The Balaban J connectivity index is 2.12. The van der Waals surface area contributed by atoms with Crippen LogP contribution in [0.3, 0.4) is 0 Å². The van der Waals surface area contributed by atoms with E-state index in [0.717, 1.165) is 13.1 Å². The van der Waals surface area contributed by atoms with E-state index in [1.165, 1.54) is 25.3 Å². The summed E-state index contributed by atoms with van der Waals surface area (Å²) in [4.78, 5) is 26.4. The van der Waals surface area contributed by atoms with Gasteiger partial charge in [-0.1, -0.05) is 6.07 Å². The van der Waals surface area contributed by atoms with Gasteiger partial charge < -0.3 is 40.2 Å². The number of alkyl halides is 1. The van der Waals surface area contributed by atoms with Gasteiger partial charge in [-0.2, -0.15) is 0 Å². The number of rotatable bonds is 8. The molecule has 1 aliphatic rings. The monoisotopic (exact) mass is 487 g/mol. The van der Waals surface area contributed by atoms with E-state index in [4.69, 9.17) is 9.47 Å². The molecule has 188 valence electrons. The lowest BCUT2D eigenvalue weighted by Crippen LogP contribution is -2.68. The number of nitrogens with one attached hydrogen (secondary N) is 1. The molecule has 0 spiro atoms. The number of ether oxygens (including phenoxy) is 2. The summed E-state index contributed by atoms with van der Waals surface area (Å²) in [5, 5.41) is 63.5. The highest BCUT2D eigenvalue weighted by Gasteiger charge is 2.70. The molecule has 1 unspecified atom stereocenters. The number of aromatic amines is 1. The predicted molar refractivity (Wildman–Crippen MR) is 111 cm³/mol. The summed E-state index contributed by atoms with van der Waals surface area (Å²) in [6.45, 7) is -0.404. The number of H-pyrrole nitrogens is 1. The average Bonchev–Trinajstić information content (AvgIpc) is 2.98. The van der Waals surface area contributed by atoms with Crippen LogP contribution in [0.1, 0.15) is 18.1 Å². The normalized spacial score (nSPS) is 27.8. The molecule has 13 nitrogen and oxygen atoms in total. The van der Waals surface area contributed by atoms with Crippen LogP contribution in [-0.4, -0.2) is 83.2 Å². The van der Waals surface area contributed by atoms with Gasteiger partial charge in [0, 0.05) is 18.2 Å².